The molecule has 2 fully saturated rings. The first-order chi connectivity index (χ1) is 40.3. The number of esters is 1. The van der Waals surface area contributed by atoms with E-state index in [4.69, 9.17) is 65.7 Å². The molecule has 0 aliphatic carbocycles. The highest BCUT2D eigenvalue weighted by atomic mass is 35.5. The number of unbranched alkanes of at least 4 members (excludes halogenated alkanes) is 1. The van der Waals surface area contributed by atoms with Gasteiger partial charge >= 0.3 is 12.1 Å². The van der Waals surface area contributed by atoms with Gasteiger partial charge in [0.1, 0.15) is 52.8 Å². The lowest BCUT2D eigenvalue weighted by molar-refractivity contribution is -0.162. The topological polar surface area (TPSA) is 379 Å². The van der Waals surface area contributed by atoms with Crippen molar-refractivity contribution in [2.45, 2.75) is 146 Å². The van der Waals surface area contributed by atoms with Crippen LogP contribution in [0.2, 0.25) is 5.02 Å². The number of nitrogens with two attached hydrogens (primary N) is 2. The Balaban J connectivity index is 1.29. The lowest BCUT2D eigenvalue weighted by atomic mass is 9.83. The average Bonchev–Trinajstić information content (AvgIpc) is 2.04. The first-order valence-electron chi connectivity index (χ1n) is 28.1. The number of rotatable bonds is 30. The summed E-state index contributed by atoms with van der Waals surface area (Å²) in [6.07, 6.45) is -0.494. The first-order valence-corrected chi connectivity index (χ1v) is 28.5. The van der Waals surface area contributed by atoms with E-state index in [0.29, 0.717) is 57.4 Å². The summed E-state index contributed by atoms with van der Waals surface area (Å²) in [4.78, 5) is 120. The van der Waals surface area contributed by atoms with E-state index in [1.54, 1.807) is 38.1 Å². The Labute approximate surface area is 500 Å². The number of anilines is 1. The number of allylic oxidation sites excluding steroid dienone is 3. The summed E-state index contributed by atoms with van der Waals surface area (Å²) in [7, 11) is 5.77. The number of primary amides is 1. The summed E-state index contributed by atoms with van der Waals surface area (Å²) in [6, 6.07) is -0.355. The van der Waals surface area contributed by atoms with Crippen LogP contribution in [0.4, 0.5) is 10.5 Å². The molecule has 2 saturated heterocycles. The molecule has 8 amide bonds. The molecule has 3 aliphatic rings. The summed E-state index contributed by atoms with van der Waals surface area (Å²) in [6.45, 7) is 10.9. The van der Waals surface area contributed by atoms with Crippen LogP contribution < -0.4 is 47.9 Å². The Morgan fingerprint density at radius 2 is 1.54 bits per heavy atom. The van der Waals surface area contributed by atoms with Gasteiger partial charge in [-0.1, -0.05) is 42.3 Å². The van der Waals surface area contributed by atoms with Crippen molar-refractivity contribution in [1.82, 2.24) is 31.7 Å². The van der Waals surface area contributed by atoms with E-state index < -0.39 is 126 Å². The fourth-order valence-electron chi connectivity index (χ4n) is 9.32. The maximum Gasteiger partial charge on any atom is 0.409 e. The van der Waals surface area contributed by atoms with Crippen LogP contribution in [0.1, 0.15) is 91.5 Å². The zero-order chi connectivity index (χ0) is 63.0. The van der Waals surface area contributed by atoms with E-state index in [9.17, 15) is 48.3 Å². The van der Waals surface area contributed by atoms with Gasteiger partial charge in [0.25, 0.3) is 5.91 Å². The molecule has 0 spiro atoms. The van der Waals surface area contributed by atoms with Crippen LogP contribution in [0.5, 0.6) is 5.75 Å². The van der Waals surface area contributed by atoms with Gasteiger partial charge in [-0.05, 0) is 64.7 Å². The van der Waals surface area contributed by atoms with E-state index in [2.05, 4.69) is 26.8 Å². The highest BCUT2D eigenvalue weighted by Crippen LogP contribution is 2.49. The van der Waals surface area contributed by atoms with Gasteiger partial charge in [-0.15, -0.1) is 0 Å². The van der Waals surface area contributed by atoms with Gasteiger partial charge in [0.05, 0.1) is 84.6 Å². The molecular formula is C56H86ClN9O19. The number of ether oxygens (including phenoxy) is 9. The van der Waals surface area contributed by atoms with E-state index in [0.717, 1.165) is 11.1 Å². The van der Waals surface area contributed by atoms with Gasteiger partial charge in [0, 0.05) is 59.4 Å². The number of benzene rings is 1. The molecule has 3 aliphatic heterocycles. The minimum Gasteiger partial charge on any atom is -0.495 e. The summed E-state index contributed by atoms with van der Waals surface area (Å²) < 4.78 is 50.7. The van der Waals surface area contributed by atoms with Crippen molar-refractivity contribution in [1.29, 1.82) is 0 Å². The molecule has 10 atom stereocenters. The summed E-state index contributed by atoms with van der Waals surface area (Å²) in [5, 5.41) is 19.3. The molecule has 1 aromatic rings. The van der Waals surface area contributed by atoms with E-state index in [-0.39, 0.29) is 63.4 Å². The number of alkyl carbamates (subject to hydrolysis) is 1. The fraction of sp³-hybridized carbons (Fsp3) is 0.661. The largest absolute Gasteiger partial charge is 0.495 e. The van der Waals surface area contributed by atoms with Crippen LogP contribution >= 0.6 is 11.6 Å². The van der Waals surface area contributed by atoms with Gasteiger partial charge in [0.15, 0.2) is 5.72 Å². The molecule has 28 nitrogen and oxygen atoms in total. The molecule has 0 radical (unpaired) electrons. The van der Waals surface area contributed by atoms with Gasteiger partial charge in [-0.2, -0.15) is 0 Å². The summed E-state index contributed by atoms with van der Waals surface area (Å²) in [5.41, 5.74) is 13.8. The number of aliphatic hydroxyl groups is 1. The SMILES string of the molecule is COc1cc2cc(c1Cl)N(C)C(=O)C[C@H](OC(=O)[C@H](C)N(C)C(=O)CCCCC(=O)NNC(=O)[C@H](C)NC(=O)[C@H](CC(N)=O)NC(=O)CCOCCOCCOCCOCCN)[C@]1(C)O[C@H]1[C@H](C)[C@@H]1C[C@@](O)(NC(=O)O1)[C@H](OC)/C=C/C=C(\C)C2. The number of nitrogens with one attached hydrogen (secondary N) is 5. The molecule has 3 heterocycles. The maximum absolute atomic E-state index is 14.4. The molecule has 0 aromatic heterocycles. The Hall–Kier alpha value is -6.50. The van der Waals surface area contributed by atoms with Gasteiger partial charge in [0.2, 0.25) is 35.4 Å². The van der Waals surface area contributed by atoms with E-state index >= 15 is 0 Å². The van der Waals surface area contributed by atoms with Gasteiger partial charge in [-0.3, -0.25) is 49.7 Å². The normalized spacial score (nSPS) is 24.3. The number of hydrazine groups is 1. The zero-order valence-corrected chi connectivity index (χ0v) is 50.7. The van der Waals surface area contributed by atoms with Crippen LogP contribution in [-0.4, -0.2) is 205 Å². The molecule has 85 heavy (non-hydrogen) atoms. The number of carbonyl (C=O) groups is 9. The molecule has 10 N–H and O–H groups in total. The number of halogens is 1. The third-order valence-corrected chi connectivity index (χ3v) is 14.9. The number of epoxide rings is 1. The highest BCUT2D eigenvalue weighted by molar-refractivity contribution is 6.35. The summed E-state index contributed by atoms with van der Waals surface area (Å²) >= 11 is 6.81. The highest BCUT2D eigenvalue weighted by Gasteiger charge is 2.64. The number of carbonyl (C=O) groups excluding carboxylic acids is 9. The van der Waals surface area contributed by atoms with Crippen molar-refractivity contribution >= 4 is 70.7 Å². The van der Waals surface area contributed by atoms with Gasteiger partial charge in [-0.25, -0.2) is 9.59 Å². The smallest absolute Gasteiger partial charge is 0.409 e. The van der Waals surface area contributed by atoms with Gasteiger partial charge < -0.3 is 79.6 Å². The number of amides is 8. The fourth-order valence-corrected chi connectivity index (χ4v) is 9.64. The third kappa shape index (κ3) is 22.1. The quantitative estimate of drug-likeness (QED) is 0.0225. The number of hydrogen-bond acceptors (Lipinski definition) is 20. The minimum absolute atomic E-state index is 0.0187. The average molecular weight is 1220 g/mol. The Bertz CT molecular complexity index is 2540. The van der Waals surface area contributed by atoms with Crippen LogP contribution in [-0.2, 0) is 82.7 Å². The van der Waals surface area contributed by atoms with Crippen LogP contribution in [0.15, 0.2) is 35.9 Å². The number of hydrogen-bond donors (Lipinski definition) is 8. The van der Waals surface area contributed by atoms with Crippen molar-refractivity contribution in [3.8, 4) is 5.75 Å². The molecule has 476 valence electrons. The molecule has 4 bridgehead atoms. The Morgan fingerprint density at radius 3 is 2.16 bits per heavy atom. The molecule has 29 heteroatoms. The summed E-state index contributed by atoms with van der Waals surface area (Å²) in [5.74, 6) is -6.05. The van der Waals surface area contributed by atoms with Crippen LogP contribution in [0, 0.1) is 5.92 Å². The van der Waals surface area contributed by atoms with Crippen LogP contribution in [0.3, 0.4) is 0 Å². The second-order valence-corrected chi connectivity index (χ2v) is 21.5. The molecule has 4 rings (SSSR count). The second kappa shape index (κ2) is 34.6. The van der Waals surface area contributed by atoms with Crippen molar-refractivity contribution in [3.05, 3.63) is 46.5 Å². The third-order valence-electron chi connectivity index (χ3n) is 14.6. The zero-order valence-electron chi connectivity index (χ0n) is 50.0. The monoisotopic (exact) mass is 1220 g/mol. The van der Waals surface area contributed by atoms with Crippen LogP contribution in [0.25, 0.3) is 0 Å². The Kier molecular flexibility index (Phi) is 28.9. The first kappa shape index (κ1) is 71.0. The van der Waals surface area contributed by atoms with Crippen molar-refractivity contribution < 1.29 is 90.9 Å². The number of likely N-dealkylation sites (N-methyl/N-ethyl adjacent to an activating group) is 1. The lowest BCUT2D eigenvalue weighted by Crippen LogP contribution is -2.63. The Morgan fingerprint density at radius 1 is 0.906 bits per heavy atom. The predicted octanol–water partition coefficient (Wildman–Crippen LogP) is 0.502. The number of nitrogens with zero attached hydrogens (tertiary/aromatic N) is 2. The molecule has 1 aromatic carbocycles. The van der Waals surface area contributed by atoms with Crippen molar-refractivity contribution in [2.24, 2.45) is 17.4 Å². The second-order valence-electron chi connectivity index (χ2n) is 21.2. The molecule has 0 saturated carbocycles. The minimum atomic E-state index is -1.91. The van der Waals surface area contributed by atoms with E-state index in [1.165, 1.54) is 52.0 Å². The molecular weight excluding hydrogens is 1140 g/mol. The number of fused-ring (bicyclic) bond motifs is 5. The lowest BCUT2D eigenvalue weighted by Gasteiger charge is -2.42. The number of methoxy groups -OCH3 is 2. The van der Waals surface area contributed by atoms with Crippen molar-refractivity contribution in [2.75, 3.05) is 92.6 Å². The molecule has 0 unspecified atom stereocenters. The van der Waals surface area contributed by atoms with E-state index in [1.807, 2.05) is 13.0 Å². The predicted molar refractivity (Wildman–Crippen MR) is 306 cm³/mol. The van der Waals surface area contributed by atoms with Crippen molar-refractivity contribution in [3.63, 3.8) is 0 Å². The standard InChI is InChI=1S/C56H86ClN9O19/c1-33-13-12-14-42(78-9)56(76)32-41(83-54(75)62-56)34(2)50-55(5,85-50)43(31-48(71)66(7)39-28-37(27-33)29-40(77-8)49(39)57)84-53(74)36(4)65(6)47(70)16-11-10-15-46(69)63-64-51(72)35(3)60-52(73)38(30-44(59)67)61-45(68)17-19-79-21-23-81-25-26-82-24-22-80-20-18-58/h12-14,28-29,34-36,38,41-43,50,76H,10-11,15-27,30-32,58H2,1-9H3,(H2,59,67)(H,60,73)(H,61,68)(H,62,75)(H,63,69)(H,64,72)/b14-12+,33-13+/t34-,35+,36+,38+,41+,42-,43+,50+,55+,56+/m1/s1. The maximum atomic E-state index is 14.4.